The lowest BCUT2D eigenvalue weighted by Crippen LogP contribution is -2.58. The highest BCUT2D eigenvalue weighted by molar-refractivity contribution is 5.95. The maximum atomic E-state index is 13.7. The van der Waals surface area contributed by atoms with Crippen molar-refractivity contribution in [3.05, 3.63) is 72.5 Å². The lowest BCUT2D eigenvalue weighted by Gasteiger charge is -2.25. The smallest absolute Gasteiger partial charge is 0.326 e. The van der Waals surface area contributed by atoms with Gasteiger partial charge in [-0.2, -0.15) is 0 Å². The Hall–Kier alpha value is -5.51. The summed E-state index contributed by atoms with van der Waals surface area (Å²) in [6.07, 6.45) is 6.58. The SMILES string of the molecule is NC(Cc1cnc[nH]1)C(=O)NC(Cc1c[nH]c2ccccc12)C(=O)NC(CCC(=O)O)C(=O)NC(Cc1cnc[nH]1)C(=O)O. The maximum Gasteiger partial charge on any atom is 0.326 e. The standard InChI is InChI=1S/C28H33N9O7/c29-19(8-16-11-30-13-33-16)25(40)36-22(7-15-10-32-20-4-2-1-3-18(15)20)27(42)35-21(5-6-24(38)39)26(41)37-23(28(43)44)9-17-12-31-14-34-17/h1-4,10-14,19,21-23,32H,5-9,29H2,(H,30,33)(H,31,34)(H,35,42)(H,36,40)(H,37,41)(H,38,39)(H,43,44). The van der Waals surface area contributed by atoms with Gasteiger partial charge in [-0.3, -0.25) is 19.2 Å². The van der Waals surface area contributed by atoms with Crippen molar-refractivity contribution < 1.29 is 34.2 Å². The van der Waals surface area contributed by atoms with Gasteiger partial charge >= 0.3 is 11.9 Å². The predicted molar refractivity (Wildman–Crippen MR) is 155 cm³/mol. The van der Waals surface area contributed by atoms with Gasteiger partial charge < -0.3 is 46.8 Å². The summed E-state index contributed by atoms with van der Waals surface area (Å²) in [6, 6.07) is 2.26. The fraction of sp³-hybridized carbons (Fsp3) is 0.321. The predicted octanol–water partition coefficient (Wildman–Crippen LogP) is -0.627. The molecule has 0 radical (unpaired) electrons. The third-order valence-corrected chi connectivity index (χ3v) is 6.94. The first kappa shape index (κ1) is 31.4. The molecule has 10 N–H and O–H groups in total. The van der Waals surface area contributed by atoms with Crippen molar-refractivity contribution >= 4 is 40.6 Å². The minimum atomic E-state index is -1.43. The zero-order valence-electron chi connectivity index (χ0n) is 23.4. The number of nitrogens with two attached hydrogens (primary N) is 1. The number of aromatic nitrogens is 5. The topological polar surface area (TPSA) is 261 Å². The van der Waals surface area contributed by atoms with Gasteiger partial charge in [-0.1, -0.05) is 18.2 Å². The number of H-pyrrole nitrogens is 3. The molecule has 16 heteroatoms. The fourth-order valence-electron chi connectivity index (χ4n) is 4.63. The van der Waals surface area contributed by atoms with Crippen molar-refractivity contribution in [1.29, 1.82) is 0 Å². The number of imidazole rings is 2. The third-order valence-electron chi connectivity index (χ3n) is 6.94. The maximum absolute atomic E-state index is 13.7. The highest BCUT2D eigenvalue weighted by Gasteiger charge is 2.31. The summed E-state index contributed by atoms with van der Waals surface area (Å²) in [5.74, 6) is -4.90. The molecular weight excluding hydrogens is 574 g/mol. The van der Waals surface area contributed by atoms with E-state index in [1.165, 1.54) is 25.0 Å². The number of carbonyl (C=O) groups is 5. The zero-order chi connectivity index (χ0) is 31.6. The Morgan fingerprint density at radius 3 is 2.02 bits per heavy atom. The van der Waals surface area contributed by atoms with Crippen molar-refractivity contribution in [3.8, 4) is 0 Å². The number of carbonyl (C=O) groups excluding carboxylic acids is 3. The number of benzene rings is 1. The second-order valence-corrected chi connectivity index (χ2v) is 10.2. The molecule has 232 valence electrons. The summed E-state index contributed by atoms with van der Waals surface area (Å²) in [7, 11) is 0. The Bertz CT molecular complexity index is 1580. The van der Waals surface area contributed by atoms with Crippen LogP contribution in [0.3, 0.4) is 0 Å². The molecule has 0 aliphatic heterocycles. The third kappa shape index (κ3) is 8.51. The molecule has 0 spiro atoms. The number of hydrogen-bond donors (Lipinski definition) is 9. The molecule has 1 aromatic carbocycles. The number of rotatable bonds is 16. The first-order chi connectivity index (χ1) is 21.1. The number of carboxylic acid groups (broad SMARTS) is 2. The molecule has 0 aliphatic rings. The molecule has 4 rings (SSSR count). The van der Waals surface area contributed by atoms with Gasteiger partial charge in [0.25, 0.3) is 0 Å². The minimum absolute atomic E-state index is 0.00318. The highest BCUT2D eigenvalue weighted by Crippen LogP contribution is 2.19. The zero-order valence-corrected chi connectivity index (χ0v) is 23.4. The molecular formula is C28H33N9O7. The van der Waals surface area contributed by atoms with Gasteiger partial charge in [0.2, 0.25) is 17.7 Å². The lowest BCUT2D eigenvalue weighted by atomic mass is 10.0. The number of aliphatic carboxylic acids is 2. The first-order valence-electron chi connectivity index (χ1n) is 13.7. The van der Waals surface area contributed by atoms with E-state index in [1.807, 2.05) is 24.3 Å². The molecule has 0 bridgehead atoms. The van der Waals surface area contributed by atoms with Crippen molar-refractivity contribution in [2.75, 3.05) is 0 Å². The Morgan fingerprint density at radius 2 is 1.39 bits per heavy atom. The second kappa shape index (κ2) is 14.6. The summed E-state index contributed by atoms with van der Waals surface area (Å²) in [5.41, 5.74) is 8.65. The molecule has 3 heterocycles. The van der Waals surface area contributed by atoms with Crippen LogP contribution in [0.5, 0.6) is 0 Å². The Labute approximate surface area is 250 Å². The second-order valence-electron chi connectivity index (χ2n) is 10.2. The Balaban J connectivity index is 1.54. The van der Waals surface area contributed by atoms with Crippen LogP contribution in [0, 0.1) is 0 Å². The van der Waals surface area contributed by atoms with Gasteiger partial charge in [-0.15, -0.1) is 0 Å². The van der Waals surface area contributed by atoms with Crippen LogP contribution >= 0.6 is 0 Å². The number of nitrogens with one attached hydrogen (secondary N) is 6. The Morgan fingerprint density at radius 1 is 0.773 bits per heavy atom. The van der Waals surface area contributed by atoms with E-state index in [1.54, 1.807) is 6.20 Å². The van der Waals surface area contributed by atoms with E-state index in [0.29, 0.717) is 17.0 Å². The van der Waals surface area contributed by atoms with Crippen LogP contribution in [0.1, 0.15) is 29.8 Å². The summed E-state index contributed by atoms with van der Waals surface area (Å²) in [5, 5.41) is 27.3. The van der Waals surface area contributed by atoms with E-state index in [9.17, 15) is 34.2 Å². The molecule has 4 unspecified atom stereocenters. The summed E-state index contributed by atoms with van der Waals surface area (Å²) in [4.78, 5) is 79.7. The largest absolute Gasteiger partial charge is 0.481 e. The number of amides is 3. The van der Waals surface area contributed by atoms with E-state index in [-0.39, 0.29) is 25.7 Å². The molecule has 4 atom stereocenters. The van der Waals surface area contributed by atoms with Gasteiger partial charge in [-0.25, -0.2) is 14.8 Å². The molecule has 44 heavy (non-hydrogen) atoms. The van der Waals surface area contributed by atoms with Gasteiger partial charge in [0.15, 0.2) is 0 Å². The van der Waals surface area contributed by atoms with Gasteiger partial charge in [0.1, 0.15) is 18.1 Å². The monoisotopic (exact) mass is 607 g/mol. The number of para-hydroxylation sites is 1. The lowest BCUT2D eigenvalue weighted by molar-refractivity contribution is -0.143. The van der Waals surface area contributed by atoms with Crippen molar-refractivity contribution in [3.63, 3.8) is 0 Å². The van der Waals surface area contributed by atoms with Crippen LogP contribution in [-0.4, -0.2) is 89.0 Å². The van der Waals surface area contributed by atoms with Crippen molar-refractivity contribution in [2.45, 2.75) is 56.3 Å². The molecule has 3 aromatic heterocycles. The highest BCUT2D eigenvalue weighted by atomic mass is 16.4. The average Bonchev–Trinajstić information content (AvgIpc) is 3.77. The fourth-order valence-corrected chi connectivity index (χ4v) is 4.63. The van der Waals surface area contributed by atoms with E-state index in [0.717, 1.165) is 10.9 Å². The molecule has 4 aromatic rings. The number of hydrogen-bond acceptors (Lipinski definition) is 8. The van der Waals surface area contributed by atoms with Crippen LogP contribution in [0.15, 0.2) is 55.5 Å². The molecule has 0 saturated carbocycles. The van der Waals surface area contributed by atoms with Crippen molar-refractivity contribution in [2.24, 2.45) is 5.73 Å². The van der Waals surface area contributed by atoms with Crippen molar-refractivity contribution in [1.82, 2.24) is 40.9 Å². The number of aromatic amines is 3. The van der Waals surface area contributed by atoms with E-state index >= 15 is 0 Å². The van der Waals surface area contributed by atoms with E-state index in [2.05, 4.69) is 40.9 Å². The normalized spacial score (nSPS) is 13.8. The van der Waals surface area contributed by atoms with Gasteiger partial charge in [0, 0.05) is 66.6 Å². The van der Waals surface area contributed by atoms with Crippen LogP contribution in [0.4, 0.5) is 0 Å². The van der Waals surface area contributed by atoms with Gasteiger partial charge in [0.05, 0.1) is 18.7 Å². The molecule has 3 amide bonds. The molecule has 0 aliphatic carbocycles. The molecule has 16 nitrogen and oxygen atoms in total. The summed E-state index contributed by atoms with van der Waals surface area (Å²) in [6.45, 7) is 0. The average molecular weight is 608 g/mol. The first-order valence-corrected chi connectivity index (χ1v) is 13.7. The summed E-state index contributed by atoms with van der Waals surface area (Å²) < 4.78 is 0. The van der Waals surface area contributed by atoms with E-state index in [4.69, 9.17) is 5.73 Å². The number of nitrogens with zero attached hydrogens (tertiary/aromatic N) is 2. The van der Waals surface area contributed by atoms with E-state index < -0.39 is 60.2 Å². The van der Waals surface area contributed by atoms with Crippen LogP contribution in [0.2, 0.25) is 0 Å². The Kier molecular flexibility index (Phi) is 10.4. The van der Waals surface area contributed by atoms with Gasteiger partial charge in [-0.05, 0) is 18.1 Å². The number of carboxylic acids is 2. The summed E-state index contributed by atoms with van der Waals surface area (Å²) >= 11 is 0. The van der Waals surface area contributed by atoms with Crippen LogP contribution < -0.4 is 21.7 Å². The quantitative estimate of drug-likeness (QED) is 0.0779. The molecule has 0 saturated heterocycles. The molecule has 0 fully saturated rings. The van der Waals surface area contributed by atoms with Crippen LogP contribution in [0.25, 0.3) is 10.9 Å². The number of fused-ring (bicyclic) bond motifs is 1. The van der Waals surface area contributed by atoms with Crippen LogP contribution in [-0.2, 0) is 43.2 Å². The minimum Gasteiger partial charge on any atom is -0.481 e.